The lowest BCUT2D eigenvalue weighted by atomic mass is 10.2. The third kappa shape index (κ3) is 3.05. The molecule has 0 saturated carbocycles. The molecule has 18 heavy (non-hydrogen) atoms. The highest BCUT2D eigenvalue weighted by Gasteiger charge is 2.08. The Bertz CT molecular complexity index is 553. The molecule has 4 nitrogen and oxygen atoms in total. The molecule has 1 heterocycles. The number of hydrogen-bond acceptors (Lipinski definition) is 4. The van der Waals surface area contributed by atoms with Gasteiger partial charge in [0.25, 0.3) is 0 Å². The van der Waals surface area contributed by atoms with E-state index in [4.69, 9.17) is 17.3 Å². The minimum Gasteiger partial charge on any atom is -0.368 e. The summed E-state index contributed by atoms with van der Waals surface area (Å²) in [6.45, 7) is 4.30. The molecule has 0 aliphatic carbocycles. The number of nitrogens with two attached hydrogens (primary N) is 1. The topological polar surface area (TPSA) is 56.7 Å². The van der Waals surface area contributed by atoms with E-state index < -0.39 is 0 Å². The molecule has 2 rings (SSSR count). The van der Waals surface area contributed by atoms with E-state index in [-0.39, 0.29) is 0 Å². The molecule has 0 fully saturated rings. The number of nitrogen functional groups attached to an aromatic ring is 1. The van der Waals surface area contributed by atoms with Gasteiger partial charge in [0, 0.05) is 17.3 Å². The molecule has 0 saturated heterocycles. The Balaban J connectivity index is 2.08. The van der Waals surface area contributed by atoms with Crippen LogP contribution >= 0.6 is 23.4 Å². The van der Waals surface area contributed by atoms with Crippen LogP contribution in [-0.4, -0.2) is 14.8 Å². The van der Waals surface area contributed by atoms with E-state index in [1.54, 1.807) is 17.8 Å². The predicted molar refractivity (Wildman–Crippen MR) is 75.6 cm³/mol. The van der Waals surface area contributed by atoms with Gasteiger partial charge in [-0.2, -0.15) is 0 Å². The van der Waals surface area contributed by atoms with Crippen molar-refractivity contribution in [3.05, 3.63) is 47.5 Å². The monoisotopic (exact) mass is 280 g/mol. The number of anilines is 1. The minimum atomic E-state index is 0.406. The summed E-state index contributed by atoms with van der Waals surface area (Å²) in [7, 11) is 0. The molecule has 0 unspecified atom stereocenters. The summed E-state index contributed by atoms with van der Waals surface area (Å²) in [6.07, 6.45) is 1.77. The van der Waals surface area contributed by atoms with E-state index in [1.807, 2.05) is 28.8 Å². The second-order valence-electron chi connectivity index (χ2n) is 3.66. The van der Waals surface area contributed by atoms with Gasteiger partial charge < -0.3 is 5.73 Å². The molecule has 2 N–H and O–H groups in total. The summed E-state index contributed by atoms with van der Waals surface area (Å²) >= 11 is 7.51. The van der Waals surface area contributed by atoms with Gasteiger partial charge in [0.05, 0.1) is 0 Å². The van der Waals surface area contributed by atoms with Crippen LogP contribution in [0.2, 0.25) is 5.02 Å². The first-order chi connectivity index (χ1) is 8.70. The number of benzene rings is 1. The molecule has 0 radical (unpaired) electrons. The molecule has 0 aliphatic heterocycles. The molecule has 94 valence electrons. The van der Waals surface area contributed by atoms with Crippen molar-refractivity contribution in [1.29, 1.82) is 0 Å². The van der Waals surface area contributed by atoms with Crippen LogP contribution in [-0.2, 0) is 12.3 Å². The third-order valence-electron chi connectivity index (χ3n) is 2.31. The number of halogens is 1. The average Bonchev–Trinajstić information content (AvgIpc) is 2.69. The van der Waals surface area contributed by atoms with E-state index in [0.29, 0.717) is 12.5 Å². The van der Waals surface area contributed by atoms with Crippen LogP contribution in [0.5, 0.6) is 0 Å². The van der Waals surface area contributed by atoms with Gasteiger partial charge in [-0.25, -0.2) is 0 Å². The Morgan fingerprint density at radius 1 is 1.44 bits per heavy atom. The van der Waals surface area contributed by atoms with E-state index in [2.05, 4.69) is 16.8 Å². The normalized spacial score (nSPS) is 10.5. The zero-order chi connectivity index (χ0) is 13.0. The van der Waals surface area contributed by atoms with Gasteiger partial charge in [0.15, 0.2) is 5.16 Å². The lowest BCUT2D eigenvalue weighted by Gasteiger charge is -2.05. The molecule has 0 aliphatic rings. The van der Waals surface area contributed by atoms with Gasteiger partial charge in [-0.3, -0.25) is 4.57 Å². The van der Waals surface area contributed by atoms with Gasteiger partial charge in [-0.05, 0) is 17.7 Å². The van der Waals surface area contributed by atoms with Crippen LogP contribution in [0.4, 0.5) is 5.95 Å². The summed E-state index contributed by atoms with van der Waals surface area (Å²) in [5, 5.41) is 9.42. The zero-order valence-electron chi connectivity index (χ0n) is 9.71. The zero-order valence-corrected chi connectivity index (χ0v) is 11.3. The standard InChI is InChI=1S/C12H13ClN4S/c1-2-6-17-11(14)15-16-12(17)18-8-9-4-3-5-10(13)7-9/h2-5,7H,1,6,8H2,(H2,14,15). The van der Waals surface area contributed by atoms with Crippen molar-refractivity contribution in [2.75, 3.05) is 5.73 Å². The molecular weight excluding hydrogens is 268 g/mol. The molecule has 1 aromatic heterocycles. The third-order valence-corrected chi connectivity index (χ3v) is 3.59. The molecule has 0 spiro atoms. The molecular formula is C12H13ClN4S. The second-order valence-corrected chi connectivity index (χ2v) is 5.04. The van der Waals surface area contributed by atoms with Crippen molar-refractivity contribution >= 4 is 29.3 Å². The van der Waals surface area contributed by atoms with Gasteiger partial charge in [0.1, 0.15) is 0 Å². The average molecular weight is 281 g/mol. The van der Waals surface area contributed by atoms with Crippen LogP contribution in [0, 0.1) is 0 Å². The van der Waals surface area contributed by atoms with Crippen molar-refractivity contribution < 1.29 is 0 Å². The van der Waals surface area contributed by atoms with Crippen LogP contribution in [0.25, 0.3) is 0 Å². The summed E-state index contributed by atoms with van der Waals surface area (Å²) in [4.78, 5) is 0. The molecule has 0 amide bonds. The Morgan fingerprint density at radius 3 is 3.00 bits per heavy atom. The maximum Gasteiger partial charge on any atom is 0.222 e. The number of thioether (sulfide) groups is 1. The maximum atomic E-state index is 5.94. The smallest absolute Gasteiger partial charge is 0.222 e. The van der Waals surface area contributed by atoms with E-state index >= 15 is 0 Å². The fourth-order valence-corrected chi connectivity index (χ4v) is 2.59. The Labute approximate surface area is 115 Å². The first-order valence-corrected chi connectivity index (χ1v) is 6.74. The number of nitrogens with zero attached hydrogens (tertiary/aromatic N) is 3. The van der Waals surface area contributed by atoms with Crippen LogP contribution in [0.1, 0.15) is 5.56 Å². The summed E-state index contributed by atoms with van der Waals surface area (Å²) in [6, 6.07) is 7.75. The minimum absolute atomic E-state index is 0.406. The van der Waals surface area contributed by atoms with E-state index in [9.17, 15) is 0 Å². The van der Waals surface area contributed by atoms with Crippen LogP contribution < -0.4 is 5.73 Å². The fraction of sp³-hybridized carbons (Fsp3) is 0.167. The molecule has 0 bridgehead atoms. The highest BCUT2D eigenvalue weighted by Crippen LogP contribution is 2.23. The lowest BCUT2D eigenvalue weighted by Crippen LogP contribution is -2.03. The van der Waals surface area contributed by atoms with Gasteiger partial charge in [-0.15, -0.1) is 16.8 Å². The summed E-state index contributed by atoms with van der Waals surface area (Å²) in [5.74, 6) is 1.18. The lowest BCUT2D eigenvalue weighted by molar-refractivity contribution is 0.733. The highest BCUT2D eigenvalue weighted by molar-refractivity contribution is 7.98. The summed E-state index contributed by atoms with van der Waals surface area (Å²) < 4.78 is 1.82. The Hall–Kier alpha value is -1.46. The van der Waals surface area contributed by atoms with Crippen molar-refractivity contribution in [2.45, 2.75) is 17.5 Å². The number of hydrogen-bond donors (Lipinski definition) is 1. The van der Waals surface area contributed by atoms with Crippen molar-refractivity contribution in [2.24, 2.45) is 0 Å². The molecule has 6 heteroatoms. The first-order valence-electron chi connectivity index (χ1n) is 5.37. The maximum absolute atomic E-state index is 5.94. The molecule has 0 atom stereocenters. The number of aromatic nitrogens is 3. The molecule has 2 aromatic rings. The number of rotatable bonds is 5. The fourth-order valence-electron chi connectivity index (χ4n) is 1.48. The Morgan fingerprint density at radius 2 is 2.28 bits per heavy atom. The van der Waals surface area contributed by atoms with Gasteiger partial charge >= 0.3 is 0 Å². The van der Waals surface area contributed by atoms with Crippen LogP contribution in [0.3, 0.4) is 0 Å². The van der Waals surface area contributed by atoms with E-state index in [0.717, 1.165) is 21.5 Å². The largest absolute Gasteiger partial charge is 0.368 e. The highest BCUT2D eigenvalue weighted by atomic mass is 35.5. The quantitative estimate of drug-likeness (QED) is 0.676. The van der Waals surface area contributed by atoms with Crippen molar-refractivity contribution in [3.8, 4) is 0 Å². The van der Waals surface area contributed by atoms with E-state index in [1.165, 1.54) is 0 Å². The Kier molecular flexibility index (Phi) is 4.28. The van der Waals surface area contributed by atoms with Crippen molar-refractivity contribution in [1.82, 2.24) is 14.8 Å². The van der Waals surface area contributed by atoms with Crippen LogP contribution in [0.15, 0.2) is 42.1 Å². The van der Waals surface area contributed by atoms with Crippen molar-refractivity contribution in [3.63, 3.8) is 0 Å². The number of allylic oxidation sites excluding steroid dienone is 1. The van der Waals surface area contributed by atoms with Gasteiger partial charge in [-0.1, -0.05) is 41.6 Å². The SMILES string of the molecule is C=CCn1c(N)nnc1SCc1cccc(Cl)c1. The molecule has 1 aromatic carbocycles. The predicted octanol–water partition coefficient (Wildman–Crippen LogP) is 2.99. The summed E-state index contributed by atoms with van der Waals surface area (Å²) in [5.41, 5.74) is 6.87. The first kappa shape index (κ1) is 13.0. The van der Waals surface area contributed by atoms with Gasteiger partial charge in [0.2, 0.25) is 5.95 Å². The second kappa shape index (κ2) is 5.93.